The molecule has 0 aliphatic carbocycles. The van der Waals surface area contributed by atoms with E-state index in [0.29, 0.717) is 6.54 Å². The van der Waals surface area contributed by atoms with Crippen LogP contribution in [0, 0.1) is 0 Å². The number of hydrogen-bond donors (Lipinski definition) is 1. The van der Waals surface area contributed by atoms with Crippen molar-refractivity contribution in [2.45, 2.75) is 32.7 Å². The quantitative estimate of drug-likeness (QED) is 0.826. The third-order valence-electron chi connectivity index (χ3n) is 2.57. The van der Waals surface area contributed by atoms with E-state index in [9.17, 15) is 4.79 Å². The lowest BCUT2D eigenvalue weighted by Crippen LogP contribution is -2.43. The van der Waals surface area contributed by atoms with Gasteiger partial charge in [0, 0.05) is 12.2 Å². The molecule has 0 bridgehead atoms. The maximum atomic E-state index is 12.1. The number of hydrogen-bond acceptors (Lipinski definition) is 2. The highest BCUT2D eigenvalue weighted by molar-refractivity contribution is 5.96. The maximum absolute atomic E-state index is 12.1. The molecule has 88 valence electrons. The second-order valence-corrected chi connectivity index (χ2v) is 3.81. The van der Waals surface area contributed by atoms with Crippen LogP contribution in [0.3, 0.4) is 0 Å². The summed E-state index contributed by atoms with van der Waals surface area (Å²) in [5.41, 5.74) is 6.77. The van der Waals surface area contributed by atoms with Crippen molar-refractivity contribution in [2.24, 2.45) is 5.73 Å². The van der Waals surface area contributed by atoms with Gasteiger partial charge in [-0.2, -0.15) is 0 Å². The van der Waals surface area contributed by atoms with Crippen LogP contribution in [0.2, 0.25) is 0 Å². The first-order valence-electron chi connectivity index (χ1n) is 5.82. The molecule has 0 radical (unpaired) electrons. The summed E-state index contributed by atoms with van der Waals surface area (Å²) in [6.07, 6.45) is 1.67. The van der Waals surface area contributed by atoms with E-state index in [1.165, 1.54) is 0 Å². The van der Waals surface area contributed by atoms with Gasteiger partial charge in [-0.1, -0.05) is 31.5 Å². The zero-order chi connectivity index (χ0) is 12.0. The fourth-order valence-electron chi connectivity index (χ4n) is 1.71. The minimum absolute atomic E-state index is 0.00977. The predicted molar refractivity (Wildman–Crippen MR) is 67.4 cm³/mol. The molecule has 16 heavy (non-hydrogen) atoms. The largest absolute Gasteiger partial charge is 0.320 e. The number of carbonyl (C=O) groups is 1. The SMILES string of the molecule is CCCC(N)C(=O)N(CC)c1ccccc1. The average Bonchev–Trinajstić information content (AvgIpc) is 2.31. The molecule has 1 atom stereocenters. The van der Waals surface area contributed by atoms with Crippen LogP contribution in [-0.2, 0) is 4.79 Å². The van der Waals surface area contributed by atoms with Crippen LogP contribution >= 0.6 is 0 Å². The van der Waals surface area contributed by atoms with Crippen molar-refractivity contribution in [3.8, 4) is 0 Å². The fraction of sp³-hybridized carbons (Fsp3) is 0.462. The Hall–Kier alpha value is -1.35. The number of anilines is 1. The molecule has 0 fully saturated rings. The molecule has 1 unspecified atom stereocenters. The molecular weight excluding hydrogens is 200 g/mol. The van der Waals surface area contributed by atoms with Crippen LogP contribution in [0.5, 0.6) is 0 Å². The highest BCUT2D eigenvalue weighted by Gasteiger charge is 2.19. The molecule has 1 aromatic rings. The Morgan fingerprint density at radius 3 is 2.44 bits per heavy atom. The van der Waals surface area contributed by atoms with E-state index in [-0.39, 0.29) is 11.9 Å². The van der Waals surface area contributed by atoms with E-state index in [0.717, 1.165) is 18.5 Å². The third-order valence-corrected chi connectivity index (χ3v) is 2.57. The summed E-state index contributed by atoms with van der Waals surface area (Å²) in [5, 5.41) is 0. The summed E-state index contributed by atoms with van der Waals surface area (Å²) in [7, 11) is 0. The van der Waals surface area contributed by atoms with Gasteiger partial charge in [0.05, 0.1) is 6.04 Å². The Morgan fingerprint density at radius 1 is 1.31 bits per heavy atom. The van der Waals surface area contributed by atoms with Gasteiger partial charge in [-0.3, -0.25) is 4.79 Å². The number of carbonyl (C=O) groups excluding carboxylic acids is 1. The molecule has 0 aliphatic rings. The topological polar surface area (TPSA) is 46.3 Å². The molecule has 1 rings (SSSR count). The molecule has 1 amide bonds. The van der Waals surface area contributed by atoms with Crippen LogP contribution in [0.25, 0.3) is 0 Å². The summed E-state index contributed by atoms with van der Waals surface area (Å²) < 4.78 is 0. The number of nitrogens with zero attached hydrogens (tertiary/aromatic N) is 1. The van der Waals surface area contributed by atoms with E-state index in [4.69, 9.17) is 5.73 Å². The van der Waals surface area contributed by atoms with Gasteiger partial charge in [-0.05, 0) is 25.5 Å². The summed E-state index contributed by atoms with van der Waals surface area (Å²) in [6.45, 7) is 4.65. The van der Waals surface area contributed by atoms with Gasteiger partial charge in [-0.15, -0.1) is 0 Å². The van der Waals surface area contributed by atoms with Gasteiger partial charge in [0.25, 0.3) is 0 Å². The van der Waals surface area contributed by atoms with Gasteiger partial charge < -0.3 is 10.6 Å². The smallest absolute Gasteiger partial charge is 0.243 e. The third kappa shape index (κ3) is 3.07. The summed E-state index contributed by atoms with van der Waals surface area (Å²) in [6, 6.07) is 9.27. The molecule has 0 saturated carbocycles. The van der Waals surface area contributed by atoms with Crippen LogP contribution < -0.4 is 10.6 Å². The van der Waals surface area contributed by atoms with Crippen LogP contribution in [0.15, 0.2) is 30.3 Å². The van der Waals surface area contributed by atoms with E-state index in [1.54, 1.807) is 4.90 Å². The van der Waals surface area contributed by atoms with Crippen molar-refractivity contribution in [1.82, 2.24) is 0 Å². The van der Waals surface area contributed by atoms with Crippen LogP contribution in [0.4, 0.5) is 5.69 Å². The van der Waals surface area contributed by atoms with Gasteiger partial charge in [0.2, 0.25) is 5.91 Å². The fourth-order valence-corrected chi connectivity index (χ4v) is 1.71. The number of rotatable bonds is 5. The highest BCUT2D eigenvalue weighted by atomic mass is 16.2. The van der Waals surface area contributed by atoms with Gasteiger partial charge in [0.1, 0.15) is 0 Å². The van der Waals surface area contributed by atoms with Gasteiger partial charge >= 0.3 is 0 Å². The number of amides is 1. The molecule has 0 heterocycles. The zero-order valence-electron chi connectivity index (χ0n) is 10.0. The molecule has 0 aromatic heterocycles. The van der Waals surface area contributed by atoms with Gasteiger partial charge in [-0.25, -0.2) is 0 Å². The Labute approximate surface area is 97.2 Å². The molecule has 0 spiro atoms. The zero-order valence-corrected chi connectivity index (χ0v) is 10.0. The van der Waals surface area contributed by atoms with Crippen molar-refractivity contribution in [3.05, 3.63) is 30.3 Å². The van der Waals surface area contributed by atoms with Crippen LogP contribution in [0.1, 0.15) is 26.7 Å². The van der Waals surface area contributed by atoms with E-state index in [2.05, 4.69) is 0 Å². The molecule has 3 nitrogen and oxygen atoms in total. The van der Waals surface area contributed by atoms with Crippen molar-refractivity contribution < 1.29 is 4.79 Å². The highest BCUT2D eigenvalue weighted by Crippen LogP contribution is 2.14. The summed E-state index contributed by atoms with van der Waals surface area (Å²) >= 11 is 0. The molecular formula is C13H20N2O. The molecule has 2 N–H and O–H groups in total. The van der Waals surface area contributed by atoms with Crippen molar-refractivity contribution in [3.63, 3.8) is 0 Å². The standard InChI is InChI=1S/C13H20N2O/c1-3-8-12(14)13(16)15(4-2)11-9-6-5-7-10-11/h5-7,9-10,12H,3-4,8,14H2,1-2H3. The minimum atomic E-state index is -0.384. The lowest BCUT2D eigenvalue weighted by Gasteiger charge is -2.24. The first-order valence-corrected chi connectivity index (χ1v) is 5.82. The molecule has 1 aromatic carbocycles. The normalized spacial score (nSPS) is 12.2. The Kier molecular flexibility index (Phi) is 4.99. The number of benzene rings is 1. The number of para-hydroxylation sites is 1. The van der Waals surface area contributed by atoms with Crippen molar-refractivity contribution >= 4 is 11.6 Å². The monoisotopic (exact) mass is 220 g/mol. The molecule has 0 aliphatic heterocycles. The second-order valence-electron chi connectivity index (χ2n) is 3.81. The summed E-state index contributed by atoms with van der Waals surface area (Å²) in [4.78, 5) is 13.8. The molecule has 0 saturated heterocycles. The first-order chi connectivity index (χ1) is 7.70. The summed E-state index contributed by atoms with van der Waals surface area (Å²) in [5.74, 6) is 0.00977. The van der Waals surface area contributed by atoms with Crippen molar-refractivity contribution in [2.75, 3.05) is 11.4 Å². The minimum Gasteiger partial charge on any atom is -0.320 e. The van der Waals surface area contributed by atoms with E-state index in [1.807, 2.05) is 44.2 Å². The lowest BCUT2D eigenvalue weighted by atomic mass is 10.1. The lowest BCUT2D eigenvalue weighted by molar-refractivity contribution is -0.119. The molecule has 3 heteroatoms. The average molecular weight is 220 g/mol. The van der Waals surface area contributed by atoms with Crippen LogP contribution in [-0.4, -0.2) is 18.5 Å². The van der Waals surface area contributed by atoms with Crippen molar-refractivity contribution in [1.29, 1.82) is 0 Å². The predicted octanol–water partition coefficient (Wildman–Crippen LogP) is 2.17. The Bertz CT molecular complexity index is 324. The van der Waals surface area contributed by atoms with Gasteiger partial charge in [0.15, 0.2) is 0 Å². The number of nitrogens with two attached hydrogens (primary N) is 1. The van der Waals surface area contributed by atoms with E-state index < -0.39 is 0 Å². The number of likely N-dealkylation sites (N-methyl/N-ethyl adjacent to an activating group) is 1. The Morgan fingerprint density at radius 2 is 1.94 bits per heavy atom. The second kappa shape index (κ2) is 6.28. The van der Waals surface area contributed by atoms with E-state index >= 15 is 0 Å². The maximum Gasteiger partial charge on any atom is 0.243 e. The Balaban J connectivity index is 2.79. The first kappa shape index (κ1) is 12.7.